The fourth-order valence-corrected chi connectivity index (χ4v) is 4.81. The Bertz CT molecular complexity index is 510. The Balaban J connectivity index is 1.70. The molecule has 0 spiro atoms. The molecule has 2 fully saturated rings. The van der Waals surface area contributed by atoms with Crippen molar-refractivity contribution >= 4 is 0 Å². The predicted molar refractivity (Wildman–Crippen MR) is 91.8 cm³/mol. The van der Waals surface area contributed by atoms with Crippen LogP contribution in [0.2, 0.25) is 0 Å². The van der Waals surface area contributed by atoms with Crippen molar-refractivity contribution in [3.8, 4) is 0 Å². The van der Waals surface area contributed by atoms with Gasteiger partial charge < -0.3 is 9.64 Å². The van der Waals surface area contributed by atoms with E-state index in [9.17, 15) is 0 Å². The Labute approximate surface area is 135 Å². The van der Waals surface area contributed by atoms with Crippen LogP contribution in [0.25, 0.3) is 0 Å². The molecule has 3 rings (SSSR count). The molecule has 22 heavy (non-hydrogen) atoms. The van der Waals surface area contributed by atoms with Gasteiger partial charge in [0.2, 0.25) is 0 Å². The summed E-state index contributed by atoms with van der Waals surface area (Å²) in [5.74, 6) is 0.844. The highest BCUT2D eigenvalue weighted by Gasteiger charge is 2.61. The maximum Gasteiger partial charge on any atom is 0.0667 e. The van der Waals surface area contributed by atoms with E-state index in [1.165, 1.54) is 24.8 Å². The van der Waals surface area contributed by atoms with Gasteiger partial charge in [0.15, 0.2) is 0 Å². The standard InChI is InChI=1S/C20H31NO/c1-19(2)16-11-12-20(19,3)18(13-16)22-14-17(21(4)5)15-9-7-6-8-10-15/h6-10,16-18H,11-14H2,1-5H3/t16-,17?,18+,20+/m1/s1. The van der Waals surface area contributed by atoms with Crippen molar-refractivity contribution in [1.29, 1.82) is 0 Å². The van der Waals surface area contributed by atoms with E-state index >= 15 is 0 Å². The summed E-state index contributed by atoms with van der Waals surface area (Å²) in [7, 11) is 4.29. The number of benzene rings is 1. The van der Waals surface area contributed by atoms with E-state index in [1.807, 2.05) is 0 Å². The number of likely N-dealkylation sites (N-methyl/N-ethyl adjacent to an activating group) is 1. The van der Waals surface area contributed by atoms with Crippen LogP contribution >= 0.6 is 0 Å². The monoisotopic (exact) mass is 301 g/mol. The summed E-state index contributed by atoms with van der Waals surface area (Å²) < 4.78 is 6.51. The molecule has 1 aromatic carbocycles. The molecular weight excluding hydrogens is 270 g/mol. The van der Waals surface area contributed by atoms with Gasteiger partial charge in [0, 0.05) is 0 Å². The van der Waals surface area contributed by atoms with Crippen LogP contribution in [0.1, 0.15) is 51.6 Å². The van der Waals surface area contributed by atoms with Gasteiger partial charge in [0.1, 0.15) is 0 Å². The lowest BCUT2D eigenvalue weighted by Gasteiger charge is -2.39. The highest BCUT2D eigenvalue weighted by molar-refractivity contribution is 5.19. The van der Waals surface area contributed by atoms with Crippen molar-refractivity contribution in [2.75, 3.05) is 20.7 Å². The highest BCUT2D eigenvalue weighted by atomic mass is 16.5. The second-order valence-electron chi connectivity index (χ2n) is 8.32. The van der Waals surface area contributed by atoms with E-state index in [4.69, 9.17) is 4.74 Å². The molecule has 2 aliphatic rings. The molecule has 2 heteroatoms. The van der Waals surface area contributed by atoms with Crippen LogP contribution < -0.4 is 0 Å². The quantitative estimate of drug-likeness (QED) is 0.793. The molecule has 0 N–H and O–H groups in total. The zero-order chi connectivity index (χ0) is 16.0. The number of hydrogen-bond donors (Lipinski definition) is 0. The second-order valence-corrected chi connectivity index (χ2v) is 8.32. The Hall–Kier alpha value is -0.860. The topological polar surface area (TPSA) is 12.5 Å². The first-order valence-electron chi connectivity index (χ1n) is 8.69. The maximum absolute atomic E-state index is 6.51. The van der Waals surface area contributed by atoms with Crippen LogP contribution in [0.3, 0.4) is 0 Å². The van der Waals surface area contributed by atoms with Crippen LogP contribution in [-0.2, 0) is 4.74 Å². The molecule has 4 atom stereocenters. The first kappa shape index (κ1) is 16.0. The minimum absolute atomic E-state index is 0.340. The number of nitrogens with zero attached hydrogens (tertiary/aromatic N) is 1. The molecule has 0 radical (unpaired) electrons. The van der Waals surface area contributed by atoms with E-state index in [-0.39, 0.29) is 0 Å². The van der Waals surface area contributed by atoms with Gasteiger partial charge in [-0.1, -0.05) is 51.1 Å². The normalized spacial score (nSPS) is 34.3. The SMILES string of the molecule is CN(C)C(CO[C@H]1C[C@H]2CC[C@]1(C)C2(C)C)c1ccccc1. The molecule has 1 unspecified atom stereocenters. The Kier molecular flexibility index (Phi) is 4.11. The average Bonchev–Trinajstić information content (AvgIpc) is 2.81. The summed E-state index contributed by atoms with van der Waals surface area (Å²) in [4.78, 5) is 2.27. The number of fused-ring (bicyclic) bond motifs is 2. The van der Waals surface area contributed by atoms with Gasteiger partial charge in [-0.3, -0.25) is 0 Å². The third kappa shape index (κ3) is 2.41. The van der Waals surface area contributed by atoms with Crippen LogP contribution in [-0.4, -0.2) is 31.7 Å². The van der Waals surface area contributed by atoms with Crippen molar-refractivity contribution < 1.29 is 4.74 Å². The zero-order valence-electron chi connectivity index (χ0n) is 14.8. The summed E-state index contributed by atoms with van der Waals surface area (Å²) in [6.07, 6.45) is 4.39. The van der Waals surface area contributed by atoms with Gasteiger partial charge >= 0.3 is 0 Å². The van der Waals surface area contributed by atoms with E-state index in [2.05, 4.69) is 70.1 Å². The molecule has 1 aromatic rings. The van der Waals surface area contributed by atoms with Crippen LogP contribution in [0, 0.1) is 16.7 Å². The van der Waals surface area contributed by atoms with Gasteiger partial charge in [-0.15, -0.1) is 0 Å². The van der Waals surface area contributed by atoms with E-state index < -0.39 is 0 Å². The fourth-order valence-electron chi connectivity index (χ4n) is 4.81. The van der Waals surface area contributed by atoms with Gasteiger partial charge in [-0.05, 0) is 55.7 Å². The second kappa shape index (κ2) is 5.65. The minimum atomic E-state index is 0.340. The summed E-state index contributed by atoms with van der Waals surface area (Å²) in [6.45, 7) is 8.15. The summed E-state index contributed by atoms with van der Waals surface area (Å²) in [5.41, 5.74) is 2.13. The molecule has 0 heterocycles. The predicted octanol–water partition coefficient (Wildman–Crippen LogP) is 4.52. The zero-order valence-corrected chi connectivity index (χ0v) is 14.8. The van der Waals surface area contributed by atoms with E-state index in [0.717, 1.165) is 12.5 Å². The summed E-state index contributed by atoms with van der Waals surface area (Å²) in [6, 6.07) is 11.1. The smallest absolute Gasteiger partial charge is 0.0667 e. The van der Waals surface area contributed by atoms with Gasteiger partial charge in [0.05, 0.1) is 18.8 Å². The maximum atomic E-state index is 6.51. The lowest BCUT2D eigenvalue weighted by molar-refractivity contribution is -0.0623. The average molecular weight is 301 g/mol. The molecule has 0 aromatic heterocycles. The Morgan fingerprint density at radius 3 is 2.36 bits per heavy atom. The molecular formula is C20H31NO. The fraction of sp³-hybridized carbons (Fsp3) is 0.700. The van der Waals surface area contributed by atoms with E-state index in [0.29, 0.717) is 23.0 Å². The molecule has 122 valence electrons. The molecule has 0 aliphatic heterocycles. The van der Waals surface area contributed by atoms with Crippen LogP contribution in [0.4, 0.5) is 0 Å². The molecule has 0 saturated heterocycles. The highest BCUT2D eigenvalue weighted by Crippen LogP contribution is 2.66. The first-order valence-corrected chi connectivity index (χ1v) is 8.69. The number of hydrogen-bond acceptors (Lipinski definition) is 2. The van der Waals surface area contributed by atoms with Gasteiger partial charge in [-0.2, -0.15) is 0 Å². The van der Waals surface area contributed by atoms with Gasteiger partial charge in [-0.25, -0.2) is 0 Å². The number of rotatable bonds is 5. The molecule has 2 aliphatic carbocycles. The first-order chi connectivity index (χ1) is 10.4. The summed E-state index contributed by atoms with van der Waals surface area (Å²) in [5, 5.41) is 0. The Morgan fingerprint density at radius 2 is 1.86 bits per heavy atom. The van der Waals surface area contributed by atoms with Crippen LogP contribution in [0.5, 0.6) is 0 Å². The molecule has 2 nitrogen and oxygen atoms in total. The lowest BCUT2D eigenvalue weighted by atomic mass is 9.70. The van der Waals surface area contributed by atoms with Crippen molar-refractivity contribution in [2.24, 2.45) is 16.7 Å². The van der Waals surface area contributed by atoms with Crippen molar-refractivity contribution in [3.63, 3.8) is 0 Å². The van der Waals surface area contributed by atoms with Crippen LogP contribution in [0.15, 0.2) is 30.3 Å². The van der Waals surface area contributed by atoms with Crippen molar-refractivity contribution in [1.82, 2.24) is 4.90 Å². The molecule has 0 amide bonds. The number of ether oxygens (including phenoxy) is 1. The minimum Gasteiger partial charge on any atom is -0.376 e. The van der Waals surface area contributed by atoms with Gasteiger partial charge in [0.25, 0.3) is 0 Å². The molecule has 2 bridgehead atoms. The third-order valence-corrected chi connectivity index (χ3v) is 6.98. The Morgan fingerprint density at radius 1 is 1.18 bits per heavy atom. The summed E-state index contributed by atoms with van der Waals surface area (Å²) >= 11 is 0. The van der Waals surface area contributed by atoms with E-state index in [1.54, 1.807) is 0 Å². The molecule has 2 saturated carbocycles. The lowest BCUT2D eigenvalue weighted by Crippen LogP contribution is -2.38. The van der Waals surface area contributed by atoms with Crippen molar-refractivity contribution in [3.05, 3.63) is 35.9 Å². The van der Waals surface area contributed by atoms with Crippen molar-refractivity contribution in [2.45, 2.75) is 52.2 Å². The largest absolute Gasteiger partial charge is 0.376 e. The third-order valence-electron chi connectivity index (χ3n) is 6.98.